The molecular weight excluding hydrogens is 202 g/mol. The van der Waals surface area contributed by atoms with E-state index in [0.717, 1.165) is 12.8 Å². The van der Waals surface area contributed by atoms with Gasteiger partial charge in [-0.15, -0.1) is 0 Å². The van der Waals surface area contributed by atoms with E-state index >= 15 is 0 Å². The molecular formula is C12H23N3O. The summed E-state index contributed by atoms with van der Waals surface area (Å²) in [5, 5.41) is 3.05. The lowest BCUT2D eigenvalue weighted by atomic mass is 10.1. The molecule has 0 bridgehead atoms. The van der Waals surface area contributed by atoms with E-state index in [9.17, 15) is 4.79 Å². The second kappa shape index (κ2) is 4.72. The smallest absolute Gasteiger partial charge is 0.237 e. The van der Waals surface area contributed by atoms with Crippen molar-refractivity contribution < 1.29 is 4.79 Å². The molecule has 2 rings (SSSR count). The van der Waals surface area contributed by atoms with E-state index in [1.165, 1.54) is 12.8 Å². The molecule has 0 aromatic rings. The largest absolute Gasteiger partial charge is 0.352 e. The van der Waals surface area contributed by atoms with Crippen LogP contribution in [0.15, 0.2) is 0 Å². The maximum Gasteiger partial charge on any atom is 0.237 e. The van der Waals surface area contributed by atoms with E-state index in [0.29, 0.717) is 24.5 Å². The van der Waals surface area contributed by atoms with Gasteiger partial charge in [0, 0.05) is 18.6 Å². The molecule has 3 N–H and O–H groups in total. The second-order valence-electron chi connectivity index (χ2n) is 5.26. The van der Waals surface area contributed by atoms with Gasteiger partial charge in [-0.2, -0.15) is 0 Å². The first-order valence-electron chi connectivity index (χ1n) is 6.36. The molecule has 0 heterocycles. The van der Waals surface area contributed by atoms with Crippen LogP contribution in [0.25, 0.3) is 0 Å². The molecule has 4 nitrogen and oxygen atoms in total. The molecule has 0 spiro atoms. The molecule has 2 unspecified atom stereocenters. The molecule has 4 heteroatoms. The standard InChI is InChI=1S/C12H23N3O/c1-8(12(16)14-10-5-6-10)15(2)11(7-13)9-3-4-9/h8-11H,3-7,13H2,1-2H3,(H,14,16). The van der Waals surface area contributed by atoms with Crippen molar-refractivity contribution in [2.45, 2.75) is 50.7 Å². The molecule has 2 aliphatic carbocycles. The summed E-state index contributed by atoms with van der Waals surface area (Å²) in [4.78, 5) is 14.1. The van der Waals surface area contributed by atoms with Crippen LogP contribution in [0, 0.1) is 5.92 Å². The summed E-state index contributed by atoms with van der Waals surface area (Å²) in [6.07, 6.45) is 4.82. The summed E-state index contributed by atoms with van der Waals surface area (Å²) in [5.74, 6) is 0.871. The van der Waals surface area contributed by atoms with Gasteiger partial charge >= 0.3 is 0 Å². The Balaban J connectivity index is 1.85. The van der Waals surface area contributed by atoms with Crippen molar-refractivity contribution >= 4 is 5.91 Å². The maximum atomic E-state index is 11.9. The lowest BCUT2D eigenvalue weighted by Crippen LogP contribution is -2.51. The molecule has 2 fully saturated rings. The van der Waals surface area contributed by atoms with Crippen LogP contribution < -0.4 is 11.1 Å². The zero-order chi connectivity index (χ0) is 11.7. The fourth-order valence-electron chi connectivity index (χ4n) is 2.19. The number of hydrogen-bond donors (Lipinski definition) is 2. The Morgan fingerprint density at radius 1 is 1.44 bits per heavy atom. The summed E-state index contributed by atoms with van der Waals surface area (Å²) < 4.78 is 0. The van der Waals surface area contributed by atoms with Crippen molar-refractivity contribution in [3.05, 3.63) is 0 Å². The van der Waals surface area contributed by atoms with E-state index in [1.807, 2.05) is 14.0 Å². The molecule has 0 saturated heterocycles. The Labute approximate surface area is 97.6 Å². The van der Waals surface area contributed by atoms with Crippen molar-refractivity contribution in [1.82, 2.24) is 10.2 Å². The van der Waals surface area contributed by atoms with Gasteiger partial charge in [0.15, 0.2) is 0 Å². The average molecular weight is 225 g/mol. The van der Waals surface area contributed by atoms with Crippen molar-refractivity contribution in [2.75, 3.05) is 13.6 Å². The predicted molar refractivity (Wildman–Crippen MR) is 64.0 cm³/mol. The van der Waals surface area contributed by atoms with Gasteiger partial charge in [-0.25, -0.2) is 0 Å². The minimum Gasteiger partial charge on any atom is -0.352 e. The minimum absolute atomic E-state index is 0.0604. The van der Waals surface area contributed by atoms with Gasteiger partial charge in [-0.1, -0.05) is 0 Å². The molecule has 0 aliphatic heterocycles. The van der Waals surface area contributed by atoms with E-state index in [-0.39, 0.29) is 11.9 Å². The van der Waals surface area contributed by atoms with Gasteiger partial charge < -0.3 is 11.1 Å². The summed E-state index contributed by atoms with van der Waals surface area (Å²) in [6.45, 7) is 2.63. The number of hydrogen-bond acceptors (Lipinski definition) is 3. The number of amides is 1. The van der Waals surface area contributed by atoms with Crippen LogP contribution in [-0.2, 0) is 4.79 Å². The number of nitrogens with zero attached hydrogens (tertiary/aromatic N) is 1. The summed E-state index contributed by atoms with van der Waals surface area (Å²) >= 11 is 0. The second-order valence-corrected chi connectivity index (χ2v) is 5.26. The normalized spacial score (nSPS) is 24.2. The maximum absolute atomic E-state index is 11.9. The summed E-state index contributed by atoms with van der Waals surface area (Å²) in [5.41, 5.74) is 5.79. The van der Waals surface area contributed by atoms with Gasteiger partial charge in [-0.05, 0) is 45.6 Å². The molecule has 0 radical (unpaired) electrons. The minimum atomic E-state index is -0.0604. The van der Waals surface area contributed by atoms with Crippen LogP contribution in [0.1, 0.15) is 32.6 Å². The Kier molecular flexibility index (Phi) is 3.50. The first-order valence-corrected chi connectivity index (χ1v) is 6.36. The number of carbonyl (C=O) groups is 1. The van der Waals surface area contributed by atoms with E-state index in [4.69, 9.17) is 5.73 Å². The molecule has 0 aromatic heterocycles. The number of rotatable bonds is 6. The van der Waals surface area contributed by atoms with Crippen LogP contribution in [0.5, 0.6) is 0 Å². The third-order valence-corrected chi connectivity index (χ3v) is 3.84. The van der Waals surface area contributed by atoms with Crippen LogP contribution in [-0.4, -0.2) is 42.5 Å². The fourth-order valence-corrected chi connectivity index (χ4v) is 2.19. The Hall–Kier alpha value is -0.610. The Morgan fingerprint density at radius 2 is 2.06 bits per heavy atom. The van der Waals surface area contributed by atoms with Gasteiger partial charge in [0.1, 0.15) is 0 Å². The van der Waals surface area contributed by atoms with Gasteiger partial charge in [0.25, 0.3) is 0 Å². The highest BCUT2D eigenvalue weighted by atomic mass is 16.2. The monoisotopic (exact) mass is 225 g/mol. The van der Waals surface area contributed by atoms with E-state index < -0.39 is 0 Å². The van der Waals surface area contributed by atoms with Crippen LogP contribution in [0.4, 0.5) is 0 Å². The first-order chi connectivity index (χ1) is 7.63. The Morgan fingerprint density at radius 3 is 2.50 bits per heavy atom. The Bertz CT molecular complexity index is 261. The molecule has 1 amide bonds. The van der Waals surface area contributed by atoms with Crippen molar-refractivity contribution in [1.29, 1.82) is 0 Å². The van der Waals surface area contributed by atoms with E-state index in [2.05, 4.69) is 10.2 Å². The highest BCUT2D eigenvalue weighted by Gasteiger charge is 2.36. The molecule has 0 aromatic carbocycles. The highest BCUT2D eigenvalue weighted by molar-refractivity contribution is 5.81. The van der Waals surface area contributed by atoms with Gasteiger partial charge in [0.2, 0.25) is 5.91 Å². The SMILES string of the molecule is CC(C(=O)NC1CC1)N(C)C(CN)C1CC1. The molecule has 2 atom stereocenters. The van der Waals surface area contributed by atoms with Crippen LogP contribution >= 0.6 is 0 Å². The third-order valence-electron chi connectivity index (χ3n) is 3.84. The van der Waals surface area contributed by atoms with Gasteiger partial charge in [0.05, 0.1) is 6.04 Å². The number of carbonyl (C=O) groups excluding carboxylic acids is 1. The zero-order valence-corrected chi connectivity index (χ0v) is 10.3. The first kappa shape index (κ1) is 11.9. The van der Waals surface area contributed by atoms with Crippen LogP contribution in [0.3, 0.4) is 0 Å². The predicted octanol–water partition coefficient (Wildman–Crippen LogP) is 0.323. The lowest BCUT2D eigenvalue weighted by molar-refractivity contribution is -0.126. The average Bonchev–Trinajstić information content (AvgIpc) is 3.10. The van der Waals surface area contributed by atoms with E-state index in [1.54, 1.807) is 0 Å². The molecule has 16 heavy (non-hydrogen) atoms. The van der Waals surface area contributed by atoms with Crippen LogP contribution in [0.2, 0.25) is 0 Å². The molecule has 92 valence electrons. The quantitative estimate of drug-likeness (QED) is 0.684. The number of nitrogens with two attached hydrogens (primary N) is 1. The van der Waals surface area contributed by atoms with Crippen molar-refractivity contribution in [2.24, 2.45) is 11.7 Å². The fraction of sp³-hybridized carbons (Fsp3) is 0.917. The molecule has 2 aliphatic rings. The number of nitrogens with one attached hydrogen (secondary N) is 1. The summed E-state index contributed by atoms with van der Waals surface area (Å²) in [7, 11) is 2.02. The van der Waals surface area contributed by atoms with Crippen molar-refractivity contribution in [3.63, 3.8) is 0 Å². The van der Waals surface area contributed by atoms with Gasteiger partial charge in [-0.3, -0.25) is 9.69 Å². The zero-order valence-electron chi connectivity index (χ0n) is 10.3. The third kappa shape index (κ3) is 2.74. The number of likely N-dealkylation sites (N-methyl/N-ethyl adjacent to an activating group) is 1. The molecule has 2 saturated carbocycles. The van der Waals surface area contributed by atoms with Crippen molar-refractivity contribution in [3.8, 4) is 0 Å². The topological polar surface area (TPSA) is 58.4 Å². The highest BCUT2D eigenvalue weighted by Crippen LogP contribution is 2.35. The summed E-state index contributed by atoms with van der Waals surface area (Å²) in [6, 6.07) is 0.760. The lowest BCUT2D eigenvalue weighted by Gasteiger charge is -2.31.